The van der Waals surface area contributed by atoms with Crippen LogP contribution in [0.15, 0.2) is 47.8 Å². The molecule has 0 aromatic heterocycles. The van der Waals surface area contributed by atoms with Gasteiger partial charge in [0.15, 0.2) is 0 Å². The molecule has 0 atom stereocenters. The van der Waals surface area contributed by atoms with E-state index in [2.05, 4.69) is 131 Å². The minimum absolute atomic E-state index is 0.471. The molecule has 2 aromatic rings. The number of anilines is 2. The first-order chi connectivity index (χ1) is 15.6. The van der Waals surface area contributed by atoms with Gasteiger partial charge in [-0.25, -0.2) is 0 Å². The average Bonchev–Trinajstić information content (AvgIpc) is 3.07. The van der Waals surface area contributed by atoms with E-state index in [1.54, 1.807) is 20.0 Å². The molecule has 186 valence electrons. The molecule has 0 radical (unpaired) electrons. The van der Waals surface area contributed by atoms with Crippen molar-refractivity contribution in [1.82, 2.24) is 0 Å². The van der Waals surface area contributed by atoms with E-state index >= 15 is 0 Å². The SMILES string of the molecule is CC1=C(C)N(c2c(C(C)C)cccc2C(C)C)[CH-]N1c1c(C(C)C)cccc1C(C)C.[Cl][Au]. The van der Waals surface area contributed by atoms with Gasteiger partial charge >= 0.3 is 29.2 Å². The minimum atomic E-state index is 0.471. The van der Waals surface area contributed by atoms with Crippen molar-refractivity contribution >= 4 is 20.6 Å². The van der Waals surface area contributed by atoms with Crippen molar-refractivity contribution in [1.29, 1.82) is 0 Å². The second-order valence-electron chi connectivity index (χ2n) is 10.2. The molecule has 4 heteroatoms. The zero-order valence-electron chi connectivity index (χ0n) is 21.9. The number of para-hydroxylation sites is 2. The molecule has 1 heterocycles. The van der Waals surface area contributed by atoms with Crippen LogP contribution in [0.3, 0.4) is 0 Å². The Labute approximate surface area is 219 Å². The number of halogens is 1. The van der Waals surface area contributed by atoms with Crippen LogP contribution in [-0.4, -0.2) is 0 Å². The Kier molecular flexibility index (Phi) is 10.2. The first-order valence-electron chi connectivity index (χ1n) is 12.0. The van der Waals surface area contributed by atoms with Gasteiger partial charge in [0.25, 0.3) is 0 Å². The molecule has 0 saturated heterocycles. The number of hydrogen-bond acceptors (Lipinski definition) is 2. The molecule has 2 nitrogen and oxygen atoms in total. The number of allylic oxidation sites excluding steroid dienone is 2. The summed E-state index contributed by atoms with van der Waals surface area (Å²) in [6, 6.07) is 13.6. The number of nitrogens with zero attached hydrogens (tertiary/aromatic N) is 2. The first kappa shape index (κ1) is 28.1. The predicted octanol–water partition coefficient (Wildman–Crippen LogP) is 9.56. The van der Waals surface area contributed by atoms with Crippen LogP contribution in [0.1, 0.15) is 115 Å². The van der Waals surface area contributed by atoms with Crippen molar-refractivity contribution < 1.29 is 20.0 Å². The fraction of sp³-hybridized carbons (Fsp3) is 0.483. The first-order valence-corrected chi connectivity index (χ1v) is 14.7. The Hall–Kier alpha value is -1.19. The predicted molar refractivity (Wildman–Crippen MR) is 143 cm³/mol. The quantitative estimate of drug-likeness (QED) is 0.227. The Morgan fingerprint density at radius 1 is 0.576 bits per heavy atom. The van der Waals surface area contributed by atoms with Gasteiger partial charge in [0, 0.05) is 22.8 Å². The van der Waals surface area contributed by atoms with Crippen LogP contribution >= 0.6 is 9.19 Å². The summed E-state index contributed by atoms with van der Waals surface area (Å²) in [4.78, 5) is 4.89. The van der Waals surface area contributed by atoms with E-state index in [1.165, 1.54) is 45.0 Å². The summed E-state index contributed by atoms with van der Waals surface area (Å²) in [5, 5.41) is 0. The third kappa shape index (κ3) is 5.73. The molecule has 0 saturated carbocycles. The maximum absolute atomic E-state index is 4.58. The van der Waals surface area contributed by atoms with Crippen molar-refractivity contribution in [2.45, 2.75) is 92.9 Å². The molecule has 0 amide bonds. The molecule has 0 fully saturated rings. The third-order valence-corrected chi connectivity index (χ3v) is 6.64. The van der Waals surface area contributed by atoms with Gasteiger partial charge in [0.2, 0.25) is 0 Å². The molecule has 0 bridgehead atoms. The third-order valence-electron chi connectivity index (χ3n) is 6.64. The van der Waals surface area contributed by atoms with Gasteiger partial charge in [0.1, 0.15) is 0 Å². The Morgan fingerprint density at radius 3 is 1.03 bits per heavy atom. The molecule has 33 heavy (non-hydrogen) atoms. The summed E-state index contributed by atoms with van der Waals surface area (Å²) < 4.78 is 0. The normalized spacial score (nSPS) is 14.2. The van der Waals surface area contributed by atoms with Gasteiger partial charge in [-0.05, 0) is 59.8 Å². The summed E-state index contributed by atoms with van der Waals surface area (Å²) in [6.07, 6.45) is 0. The van der Waals surface area contributed by atoms with Gasteiger partial charge in [-0.3, -0.25) is 0 Å². The van der Waals surface area contributed by atoms with Gasteiger partial charge in [0.05, 0.1) is 0 Å². The van der Waals surface area contributed by atoms with E-state index in [9.17, 15) is 0 Å². The van der Waals surface area contributed by atoms with E-state index in [0.717, 1.165) is 0 Å². The van der Waals surface area contributed by atoms with Crippen molar-refractivity contribution in [2.24, 2.45) is 0 Å². The number of hydrogen-bond donors (Lipinski definition) is 0. The molecule has 0 aliphatic carbocycles. The Morgan fingerprint density at radius 2 is 0.818 bits per heavy atom. The van der Waals surface area contributed by atoms with Gasteiger partial charge < -0.3 is 9.80 Å². The Bertz CT molecular complexity index is 846. The Balaban J connectivity index is 0.00000187. The van der Waals surface area contributed by atoms with Gasteiger partial charge in [-0.1, -0.05) is 91.8 Å². The summed E-state index contributed by atoms with van der Waals surface area (Å²) >= 11 is 1.75. The van der Waals surface area contributed by atoms with Crippen molar-refractivity contribution in [3.8, 4) is 0 Å². The topological polar surface area (TPSA) is 6.48 Å². The van der Waals surface area contributed by atoms with Crippen molar-refractivity contribution in [2.75, 3.05) is 9.80 Å². The van der Waals surface area contributed by atoms with Crippen molar-refractivity contribution in [3.05, 3.63) is 76.7 Å². The monoisotopic (exact) mass is 649 g/mol. The summed E-state index contributed by atoms with van der Waals surface area (Å²) in [5.74, 6) is 1.88. The van der Waals surface area contributed by atoms with Crippen LogP contribution in [-0.2, 0) is 20.0 Å². The zero-order chi connectivity index (χ0) is 25.0. The molecule has 2 aromatic carbocycles. The standard InChI is InChI=1S/C29H41N2.Au.ClH/c1-18(2)24-13-11-14-25(19(3)4)28(24)30-17-31(23(10)22(30)9)29-26(20(5)6)15-12-16-27(29)21(7)8;;/h11-21H,1-10H3;;1H/q-1;+1;/p-1. The van der Waals surface area contributed by atoms with E-state index in [-0.39, 0.29) is 0 Å². The van der Waals surface area contributed by atoms with E-state index in [1.807, 2.05) is 0 Å². The molecule has 0 spiro atoms. The fourth-order valence-corrected chi connectivity index (χ4v) is 4.67. The second kappa shape index (κ2) is 12.0. The molecule has 0 N–H and O–H groups in total. The van der Waals surface area contributed by atoms with Gasteiger partial charge in [-0.15, -0.1) is 6.67 Å². The van der Waals surface area contributed by atoms with E-state index < -0.39 is 0 Å². The van der Waals surface area contributed by atoms with E-state index in [0.29, 0.717) is 23.7 Å². The summed E-state index contributed by atoms with van der Waals surface area (Å²) in [5.41, 5.74) is 11.0. The van der Waals surface area contributed by atoms with Gasteiger partial charge in [-0.2, -0.15) is 0 Å². The van der Waals surface area contributed by atoms with Crippen LogP contribution in [0.4, 0.5) is 11.4 Å². The zero-order valence-corrected chi connectivity index (χ0v) is 24.8. The van der Waals surface area contributed by atoms with E-state index in [4.69, 9.17) is 0 Å². The molecule has 1 aliphatic rings. The molecular formula is C29H41AuClN2-. The van der Waals surface area contributed by atoms with Crippen LogP contribution in [0.5, 0.6) is 0 Å². The second-order valence-corrected chi connectivity index (χ2v) is 10.2. The number of rotatable bonds is 6. The molecule has 3 rings (SSSR count). The fourth-order valence-electron chi connectivity index (χ4n) is 4.67. The van der Waals surface area contributed by atoms with Crippen LogP contribution in [0.25, 0.3) is 0 Å². The van der Waals surface area contributed by atoms with Crippen LogP contribution in [0.2, 0.25) is 0 Å². The summed E-state index contributed by atoms with van der Waals surface area (Å²) in [6.45, 7) is 25.3. The molecular weight excluding hydrogens is 609 g/mol. The number of benzene rings is 2. The molecule has 1 aliphatic heterocycles. The summed E-state index contributed by atoms with van der Waals surface area (Å²) in [7, 11) is 4.58. The molecule has 0 unspecified atom stereocenters. The maximum atomic E-state index is 4.58. The average molecular weight is 650 g/mol. The van der Waals surface area contributed by atoms with Crippen LogP contribution < -0.4 is 9.80 Å². The van der Waals surface area contributed by atoms with Crippen LogP contribution in [0, 0.1) is 6.67 Å². The van der Waals surface area contributed by atoms with Crippen molar-refractivity contribution in [3.63, 3.8) is 0 Å².